The van der Waals surface area contributed by atoms with Gasteiger partial charge in [-0.1, -0.05) is 32.8 Å². The first-order chi connectivity index (χ1) is 14.3. The van der Waals surface area contributed by atoms with Crippen LogP contribution < -0.4 is 9.47 Å². The predicted octanol–water partition coefficient (Wildman–Crippen LogP) is 3.96. The normalized spacial score (nSPS) is 18.0. The van der Waals surface area contributed by atoms with Crippen molar-refractivity contribution in [1.82, 2.24) is 0 Å². The van der Waals surface area contributed by atoms with Gasteiger partial charge in [-0.2, -0.15) is 0 Å². The highest BCUT2D eigenvalue weighted by Gasteiger charge is 2.33. The summed E-state index contributed by atoms with van der Waals surface area (Å²) >= 11 is 0. The molecule has 2 atom stereocenters. The summed E-state index contributed by atoms with van der Waals surface area (Å²) in [6.07, 6.45) is 1.55. The van der Waals surface area contributed by atoms with Crippen LogP contribution in [-0.4, -0.2) is 32.5 Å². The minimum Gasteiger partial charge on any atom is -0.507 e. The van der Waals surface area contributed by atoms with Crippen LogP contribution in [0.1, 0.15) is 56.8 Å². The minimum atomic E-state index is -0.973. The first-order valence-electron chi connectivity index (χ1n) is 10.3. The van der Waals surface area contributed by atoms with Crippen molar-refractivity contribution >= 4 is 5.97 Å². The molecule has 0 fully saturated rings. The predicted molar refractivity (Wildman–Crippen MR) is 110 cm³/mol. The summed E-state index contributed by atoms with van der Waals surface area (Å²) in [5.74, 6) is -0.783. The summed E-state index contributed by atoms with van der Waals surface area (Å²) in [4.78, 5) is 12.5. The molecule has 0 bridgehead atoms. The van der Waals surface area contributed by atoms with Gasteiger partial charge in [-0.25, -0.2) is 0 Å². The number of aliphatic hydroxyl groups excluding tert-OH is 1. The number of aromatic hydroxyl groups is 3. The van der Waals surface area contributed by atoms with Crippen LogP contribution in [0, 0.1) is 5.92 Å². The maximum absolute atomic E-state index is 12.5. The second-order valence-corrected chi connectivity index (χ2v) is 7.67. The Labute approximate surface area is 175 Å². The molecular weight excluding hydrogens is 388 g/mol. The van der Waals surface area contributed by atoms with Crippen molar-refractivity contribution < 1.29 is 34.7 Å². The van der Waals surface area contributed by atoms with Crippen LogP contribution in [0.4, 0.5) is 0 Å². The molecule has 0 radical (unpaired) electrons. The van der Waals surface area contributed by atoms with E-state index in [1.54, 1.807) is 0 Å². The average molecular weight is 416 g/mol. The Morgan fingerprint density at radius 1 is 1.07 bits per heavy atom. The molecule has 4 N–H and O–H groups in total. The van der Waals surface area contributed by atoms with E-state index in [0.29, 0.717) is 16.9 Å². The van der Waals surface area contributed by atoms with Crippen LogP contribution in [0.15, 0.2) is 30.3 Å². The van der Waals surface area contributed by atoms with Crippen LogP contribution >= 0.6 is 0 Å². The standard InChI is InChI=1S/C23H28O7/c1-3-5-13(6-4-2)23(28)29-15-10-18(25)16-12-20(27)22(30-21(16)11-15)14-7-8-17(24)19(26)9-14/h7-11,13,20,22,24-27H,3-6,12H2,1-2H3/t20-,22-/m0/s1. The maximum atomic E-state index is 12.5. The lowest BCUT2D eigenvalue weighted by Gasteiger charge is -2.31. The Morgan fingerprint density at radius 2 is 1.77 bits per heavy atom. The number of phenols is 3. The second-order valence-electron chi connectivity index (χ2n) is 7.67. The van der Waals surface area contributed by atoms with E-state index in [-0.39, 0.29) is 41.3 Å². The van der Waals surface area contributed by atoms with Gasteiger partial charge in [-0.3, -0.25) is 4.79 Å². The first kappa shape index (κ1) is 21.8. The Hall–Kier alpha value is -2.93. The zero-order chi connectivity index (χ0) is 21.8. The Bertz CT molecular complexity index is 903. The molecule has 0 spiro atoms. The molecule has 7 heteroatoms. The molecule has 7 nitrogen and oxygen atoms in total. The molecule has 2 aromatic carbocycles. The van der Waals surface area contributed by atoms with Gasteiger partial charge in [0.15, 0.2) is 11.5 Å². The Morgan fingerprint density at radius 3 is 2.40 bits per heavy atom. The molecule has 0 unspecified atom stereocenters. The van der Waals surface area contributed by atoms with E-state index < -0.39 is 12.2 Å². The van der Waals surface area contributed by atoms with Crippen molar-refractivity contribution in [2.45, 2.75) is 58.2 Å². The summed E-state index contributed by atoms with van der Waals surface area (Å²) in [7, 11) is 0. The third-order valence-corrected chi connectivity index (χ3v) is 5.33. The van der Waals surface area contributed by atoms with Crippen molar-refractivity contribution in [3.8, 4) is 28.7 Å². The average Bonchev–Trinajstić information content (AvgIpc) is 2.70. The van der Waals surface area contributed by atoms with Crippen molar-refractivity contribution in [3.63, 3.8) is 0 Å². The van der Waals surface area contributed by atoms with Crippen molar-refractivity contribution in [2.24, 2.45) is 5.92 Å². The van der Waals surface area contributed by atoms with Gasteiger partial charge < -0.3 is 29.9 Å². The molecule has 1 heterocycles. The Balaban J connectivity index is 1.85. The molecule has 30 heavy (non-hydrogen) atoms. The molecule has 0 saturated carbocycles. The number of carbonyl (C=O) groups excluding carboxylic acids is 1. The van der Waals surface area contributed by atoms with E-state index in [1.165, 1.54) is 30.3 Å². The number of benzene rings is 2. The molecular formula is C23H28O7. The molecule has 1 aliphatic rings. The van der Waals surface area contributed by atoms with Crippen molar-refractivity contribution in [1.29, 1.82) is 0 Å². The number of ether oxygens (including phenoxy) is 2. The lowest BCUT2D eigenvalue weighted by Crippen LogP contribution is -2.30. The van der Waals surface area contributed by atoms with Gasteiger partial charge in [0.25, 0.3) is 0 Å². The number of carbonyl (C=O) groups is 1. The number of rotatable bonds is 7. The topological polar surface area (TPSA) is 116 Å². The van der Waals surface area contributed by atoms with Gasteiger partial charge in [-0.05, 0) is 30.5 Å². The molecule has 1 aliphatic heterocycles. The van der Waals surface area contributed by atoms with Crippen molar-refractivity contribution in [2.75, 3.05) is 0 Å². The van der Waals surface area contributed by atoms with E-state index >= 15 is 0 Å². The SMILES string of the molecule is CCCC(CCC)C(=O)Oc1cc(O)c2c(c1)O[C@@H](c1ccc(O)c(O)c1)[C@@H](O)C2. The van der Waals surface area contributed by atoms with Crippen LogP contribution in [0.25, 0.3) is 0 Å². The zero-order valence-electron chi connectivity index (χ0n) is 17.2. The third kappa shape index (κ3) is 4.62. The van der Waals surface area contributed by atoms with Crippen molar-refractivity contribution in [3.05, 3.63) is 41.5 Å². The molecule has 162 valence electrons. The largest absolute Gasteiger partial charge is 0.507 e. The van der Waals surface area contributed by atoms with Gasteiger partial charge in [0.2, 0.25) is 0 Å². The van der Waals surface area contributed by atoms with Crippen LogP contribution in [-0.2, 0) is 11.2 Å². The number of aliphatic hydroxyl groups is 1. The minimum absolute atomic E-state index is 0.121. The van der Waals surface area contributed by atoms with Gasteiger partial charge in [-0.15, -0.1) is 0 Å². The molecule has 0 amide bonds. The van der Waals surface area contributed by atoms with Gasteiger partial charge in [0.05, 0.1) is 12.0 Å². The first-order valence-corrected chi connectivity index (χ1v) is 10.3. The third-order valence-electron chi connectivity index (χ3n) is 5.33. The van der Waals surface area contributed by atoms with E-state index in [0.717, 1.165) is 25.7 Å². The fourth-order valence-corrected chi connectivity index (χ4v) is 3.79. The lowest BCUT2D eigenvalue weighted by molar-refractivity contribution is -0.139. The molecule has 0 aliphatic carbocycles. The smallest absolute Gasteiger partial charge is 0.314 e. The molecule has 2 aromatic rings. The van der Waals surface area contributed by atoms with Gasteiger partial charge in [0, 0.05) is 24.1 Å². The highest BCUT2D eigenvalue weighted by molar-refractivity contribution is 5.75. The monoisotopic (exact) mass is 416 g/mol. The second kappa shape index (κ2) is 9.26. The Kier molecular flexibility index (Phi) is 6.72. The summed E-state index contributed by atoms with van der Waals surface area (Å²) in [5, 5.41) is 40.2. The van der Waals surface area contributed by atoms with E-state index in [2.05, 4.69) is 0 Å². The molecule has 3 rings (SSSR count). The van der Waals surface area contributed by atoms with E-state index in [4.69, 9.17) is 9.47 Å². The van der Waals surface area contributed by atoms with Gasteiger partial charge in [0.1, 0.15) is 23.4 Å². The van der Waals surface area contributed by atoms with Crippen LogP contribution in [0.5, 0.6) is 28.7 Å². The van der Waals surface area contributed by atoms with Crippen LogP contribution in [0.2, 0.25) is 0 Å². The van der Waals surface area contributed by atoms with E-state index in [1.807, 2.05) is 13.8 Å². The lowest BCUT2D eigenvalue weighted by atomic mass is 9.94. The number of phenolic OH excluding ortho intramolecular Hbond substituents is 3. The fourth-order valence-electron chi connectivity index (χ4n) is 3.79. The summed E-state index contributed by atoms with van der Waals surface area (Å²) in [5.41, 5.74) is 0.886. The summed E-state index contributed by atoms with van der Waals surface area (Å²) in [6.45, 7) is 4.03. The van der Waals surface area contributed by atoms with Gasteiger partial charge >= 0.3 is 5.97 Å². The number of esters is 1. The summed E-state index contributed by atoms with van der Waals surface area (Å²) < 4.78 is 11.4. The number of hydrogen-bond acceptors (Lipinski definition) is 7. The highest BCUT2D eigenvalue weighted by atomic mass is 16.5. The summed E-state index contributed by atoms with van der Waals surface area (Å²) in [6, 6.07) is 7.05. The highest BCUT2D eigenvalue weighted by Crippen LogP contribution is 2.43. The fraction of sp³-hybridized carbons (Fsp3) is 0.435. The number of hydrogen-bond donors (Lipinski definition) is 4. The van der Waals surface area contributed by atoms with E-state index in [9.17, 15) is 25.2 Å². The zero-order valence-corrected chi connectivity index (χ0v) is 17.2. The molecule has 0 saturated heterocycles. The maximum Gasteiger partial charge on any atom is 0.314 e. The number of fused-ring (bicyclic) bond motifs is 1. The quantitative estimate of drug-likeness (QED) is 0.307. The molecule has 0 aromatic heterocycles. The van der Waals surface area contributed by atoms with Crippen LogP contribution in [0.3, 0.4) is 0 Å².